The Morgan fingerprint density at radius 2 is 1.59 bits per heavy atom. The summed E-state index contributed by atoms with van der Waals surface area (Å²) in [5.41, 5.74) is 13.1. The van der Waals surface area contributed by atoms with Gasteiger partial charge in [-0.3, -0.25) is 0 Å². The Hall–Kier alpha value is -2.64. The van der Waals surface area contributed by atoms with Crippen LogP contribution in [-0.4, -0.2) is 89.1 Å². The molecule has 0 saturated heterocycles. The fraction of sp³-hybridized carbons (Fsp3) is 0.600. The SMILES string of the molecule is CCN(CC)c1ccc(N)cc1OC.CCOC(=O)c1csc(N)n1.CCOCCOCCOCCO. The van der Waals surface area contributed by atoms with Crippen LogP contribution in [0.2, 0.25) is 0 Å². The molecule has 0 amide bonds. The van der Waals surface area contributed by atoms with Gasteiger partial charge in [0.1, 0.15) is 5.75 Å². The Kier molecular flexibility index (Phi) is 20.9. The van der Waals surface area contributed by atoms with E-state index in [1.165, 1.54) is 11.3 Å². The van der Waals surface area contributed by atoms with E-state index in [2.05, 4.69) is 23.7 Å². The number of nitrogens with two attached hydrogens (primary N) is 2. The molecule has 0 bridgehead atoms. The van der Waals surface area contributed by atoms with Gasteiger partial charge >= 0.3 is 5.97 Å². The molecule has 2 aromatic rings. The molecule has 0 aliphatic rings. The summed E-state index contributed by atoms with van der Waals surface area (Å²) in [7, 11) is 1.67. The van der Waals surface area contributed by atoms with Crippen molar-refractivity contribution in [3.05, 3.63) is 29.3 Å². The van der Waals surface area contributed by atoms with Crippen molar-refractivity contribution in [2.45, 2.75) is 27.7 Å². The van der Waals surface area contributed by atoms with Crippen LogP contribution in [0.3, 0.4) is 0 Å². The van der Waals surface area contributed by atoms with E-state index in [1.807, 2.05) is 25.1 Å². The first kappa shape index (κ1) is 34.4. The normalized spacial score (nSPS) is 10.0. The molecule has 0 radical (unpaired) electrons. The lowest BCUT2D eigenvalue weighted by Gasteiger charge is -2.23. The number of carbonyl (C=O) groups is 1. The third-order valence-electron chi connectivity index (χ3n) is 4.50. The fourth-order valence-electron chi connectivity index (χ4n) is 2.75. The van der Waals surface area contributed by atoms with E-state index in [9.17, 15) is 4.79 Å². The van der Waals surface area contributed by atoms with Crippen LogP contribution >= 0.6 is 11.3 Å². The molecule has 2 rings (SSSR count). The third-order valence-corrected chi connectivity index (χ3v) is 5.17. The Balaban J connectivity index is 0.000000530. The average Bonchev–Trinajstić information content (AvgIpc) is 3.34. The van der Waals surface area contributed by atoms with Crippen LogP contribution in [0.25, 0.3) is 0 Å². The van der Waals surface area contributed by atoms with Gasteiger partial charge in [-0.25, -0.2) is 9.78 Å². The number of aliphatic hydroxyl groups excluding tert-OH is 1. The standard InChI is InChI=1S/C11H18N2O.C8H18O4.C6H8N2O2S/c1-4-13(5-2)10-7-6-9(12)8-11(10)14-3;1-2-10-5-6-12-8-7-11-4-3-9;1-2-10-5(9)4-3-11-6(7)8-4/h6-8H,4-5,12H2,1-3H3;9H,2-8H2,1H3;3H,2H2,1H3,(H2,7,8). The average molecular weight is 545 g/mol. The lowest BCUT2D eigenvalue weighted by Crippen LogP contribution is -2.22. The van der Waals surface area contributed by atoms with Crippen molar-refractivity contribution in [2.75, 3.05) is 89.4 Å². The first-order chi connectivity index (χ1) is 17.9. The highest BCUT2D eigenvalue weighted by atomic mass is 32.1. The lowest BCUT2D eigenvalue weighted by atomic mass is 10.2. The number of methoxy groups -OCH3 is 1. The smallest absolute Gasteiger partial charge is 0.357 e. The summed E-state index contributed by atoms with van der Waals surface area (Å²) in [6, 6.07) is 5.75. The first-order valence-corrected chi connectivity index (χ1v) is 13.2. The van der Waals surface area contributed by atoms with Crippen molar-refractivity contribution in [2.24, 2.45) is 0 Å². The molecular formula is C25H44N4O7S. The quantitative estimate of drug-likeness (QED) is 0.172. The molecule has 12 heteroatoms. The Bertz CT molecular complexity index is 825. The highest BCUT2D eigenvalue weighted by Crippen LogP contribution is 2.29. The number of esters is 1. The molecule has 0 saturated carbocycles. The Morgan fingerprint density at radius 1 is 0.973 bits per heavy atom. The van der Waals surface area contributed by atoms with Gasteiger partial charge < -0.3 is 45.2 Å². The summed E-state index contributed by atoms with van der Waals surface area (Å²) in [6.07, 6.45) is 0. The summed E-state index contributed by atoms with van der Waals surface area (Å²) >= 11 is 1.22. The zero-order valence-electron chi connectivity index (χ0n) is 22.7. The van der Waals surface area contributed by atoms with Crippen molar-refractivity contribution < 1.29 is 33.6 Å². The molecule has 0 unspecified atom stereocenters. The second kappa shape index (κ2) is 22.5. The van der Waals surface area contributed by atoms with Gasteiger partial charge in [-0.15, -0.1) is 11.3 Å². The van der Waals surface area contributed by atoms with E-state index >= 15 is 0 Å². The molecule has 0 atom stereocenters. The number of hydrogen-bond acceptors (Lipinski definition) is 12. The number of benzene rings is 1. The second-order valence-electron chi connectivity index (χ2n) is 7.04. The molecule has 212 valence electrons. The zero-order valence-corrected chi connectivity index (χ0v) is 23.6. The second-order valence-corrected chi connectivity index (χ2v) is 7.93. The molecule has 1 aromatic heterocycles. The van der Waals surface area contributed by atoms with Crippen molar-refractivity contribution in [1.82, 2.24) is 4.98 Å². The monoisotopic (exact) mass is 544 g/mol. The number of nitrogens with zero attached hydrogens (tertiary/aromatic N) is 2. The highest BCUT2D eigenvalue weighted by molar-refractivity contribution is 7.13. The number of aliphatic hydroxyl groups is 1. The maximum Gasteiger partial charge on any atom is 0.357 e. The number of rotatable bonds is 15. The van der Waals surface area contributed by atoms with E-state index < -0.39 is 5.97 Å². The summed E-state index contributed by atoms with van der Waals surface area (Å²) < 4.78 is 25.2. The van der Waals surface area contributed by atoms with Crippen LogP contribution in [0.15, 0.2) is 23.6 Å². The number of thiazole rings is 1. The Morgan fingerprint density at radius 3 is 2.08 bits per heavy atom. The van der Waals surface area contributed by atoms with Gasteiger partial charge in [0.2, 0.25) is 0 Å². The molecule has 37 heavy (non-hydrogen) atoms. The highest BCUT2D eigenvalue weighted by Gasteiger charge is 2.09. The first-order valence-electron chi connectivity index (χ1n) is 12.3. The predicted molar refractivity (Wildman–Crippen MR) is 149 cm³/mol. The summed E-state index contributed by atoms with van der Waals surface area (Å²) in [4.78, 5) is 16.9. The number of aromatic nitrogens is 1. The molecule has 0 aliphatic carbocycles. The minimum atomic E-state index is -0.416. The topological polar surface area (TPSA) is 152 Å². The van der Waals surface area contributed by atoms with E-state index in [4.69, 9.17) is 40.3 Å². The van der Waals surface area contributed by atoms with E-state index in [1.54, 1.807) is 19.4 Å². The van der Waals surface area contributed by atoms with Gasteiger partial charge in [-0.05, 0) is 39.8 Å². The molecule has 5 N–H and O–H groups in total. The number of ether oxygens (including phenoxy) is 5. The van der Waals surface area contributed by atoms with Crippen molar-refractivity contribution >= 4 is 33.8 Å². The van der Waals surface area contributed by atoms with Crippen molar-refractivity contribution in [3.8, 4) is 5.75 Å². The van der Waals surface area contributed by atoms with Crippen molar-refractivity contribution in [3.63, 3.8) is 0 Å². The molecular weight excluding hydrogens is 500 g/mol. The van der Waals surface area contributed by atoms with Crippen molar-refractivity contribution in [1.29, 1.82) is 0 Å². The molecule has 0 fully saturated rings. The van der Waals surface area contributed by atoms with Crippen LogP contribution < -0.4 is 21.1 Å². The zero-order chi connectivity index (χ0) is 27.9. The largest absolute Gasteiger partial charge is 0.495 e. The van der Waals surface area contributed by atoms with Crippen LogP contribution in [0, 0.1) is 0 Å². The summed E-state index contributed by atoms with van der Waals surface area (Å²) in [5.74, 6) is 0.425. The number of hydrogen-bond donors (Lipinski definition) is 3. The maximum atomic E-state index is 10.9. The summed E-state index contributed by atoms with van der Waals surface area (Å²) in [6.45, 7) is 13.8. The van der Waals surface area contributed by atoms with Crippen LogP contribution in [-0.2, 0) is 18.9 Å². The third kappa shape index (κ3) is 15.9. The Labute approximate surface area is 224 Å². The van der Waals surface area contributed by atoms with Gasteiger partial charge in [0.05, 0.1) is 59.0 Å². The summed E-state index contributed by atoms with van der Waals surface area (Å²) in [5, 5.41) is 10.3. The van der Waals surface area contributed by atoms with E-state index in [0.29, 0.717) is 44.8 Å². The van der Waals surface area contributed by atoms with Crippen LogP contribution in [0.1, 0.15) is 38.2 Å². The lowest BCUT2D eigenvalue weighted by molar-refractivity contribution is 0.00965. The van der Waals surface area contributed by atoms with Gasteiger partial charge in [-0.2, -0.15) is 0 Å². The van der Waals surface area contributed by atoms with E-state index in [0.717, 1.165) is 36.8 Å². The minimum absolute atomic E-state index is 0.0684. The van der Waals surface area contributed by atoms with Crippen LogP contribution in [0.4, 0.5) is 16.5 Å². The van der Waals surface area contributed by atoms with Crippen LogP contribution in [0.5, 0.6) is 5.75 Å². The number of nitrogen functional groups attached to an aromatic ring is 2. The molecule has 0 aliphatic heterocycles. The molecule has 1 heterocycles. The number of anilines is 3. The van der Waals surface area contributed by atoms with E-state index in [-0.39, 0.29) is 12.3 Å². The minimum Gasteiger partial charge on any atom is -0.495 e. The molecule has 11 nitrogen and oxygen atoms in total. The fourth-order valence-corrected chi connectivity index (χ4v) is 3.29. The van der Waals surface area contributed by atoms with Gasteiger partial charge in [0.25, 0.3) is 0 Å². The maximum absolute atomic E-state index is 10.9. The van der Waals surface area contributed by atoms with Gasteiger partial charge in [-0.1, -0.05) is 0 Å². The molecule has 0 spiro atoms. The number of carbonyl (C=O) groups excluding carboxylic acids is 1. The predicted octanol–water partition coefficient (Wildman–Crippen LogP) is 3.07. The van der Waals surface area contributed by atoms with Gasteiger partial charge in [0, 0.05) is 36.8 Å². The molecule has 1 aromatic carbocycles. The van der Waals surface area contributed by atoms with Gasteiger partial charge in [0.15, 0.2) is 10.8 Å².